The monoisotopic (exact) mass is 420 g/mol. The molecule has 2 aromatic heterocycles. The normalized spacial score (nSPS) is 16.7. The van der Waals surface area contributed by atoms with Gasteiger partial charge in [0, 0.05) is 24.8 Å². The van der Waals surface area contributed by atoms with Gasteiger partial charge in [0.1, 0.15) is 5.75 Å². The summed E-state index contributed by atoms with van der Waals surface area (Å²) in [4.78, 5) is 16.7. The van der Waals surface area contributed by atoms with Crippen molar-refractivity contribution in [2.24, 2.45) is 0 Å². The summed E-state index contributed by atoms with van der Waals surface area (Å²) in [5, 5.41) is 6.50. The van der Waals surface area contributed by atoms with Crippen LogP contribution in [-0.2, 0) is 10.9 Å². The van der Waals surface area contributed by atoms with Gasteiger partial charge in [-0.15, -0.1) is 0 Å². The number of carbonyl (C=O) groups is 1. The van der Waals surface area contributed by atoms with Gasteiger partial charge in [-0.1, -0.05) is 0 Å². The van der Waals surface area contributed by atoms with Crippen molar-refractivity contribution >= 4 is 11.6 Å². The number of amides is 1. The molecule has 158 valence electrons. The fourth-order valence-electron chi connectivity index (χ4n) is 3.30. The van der Waals surface area contributed by atoms with Crippen LogP contribution in [0.25, 0.3) is 16.9 Å². The van der Waals surface area contributed by atoms with Crippen LogP contribution in [-0.4, -0.2) is 46.9 Å². The van der Waals surface area contributed by atoms with E-state index in [0.29, 0.717) is 22.4 Å². The molecule has 0 saturated carbocycles. The van der Waals surface area contributed by atoms with Crippen LogP contribution in [0.3, 0.4) is 0 Å². The van der Waals surface area contributed by atoms with Gasteiger partial charge in [-0.3, -0.25) is 4.79 Å². The number of hydrogen-bond acceptors (Lipinski definition) is 5. The Bertz CT molecular complexity index is 1060. The van der Waals surface area contributed by atoms with Crippen LogP contribution in [0.4, 0.5) is 13.2 Å². The van der Waals surface area contributed by atoms with E-state index in [1.807, 2.05) is 0 Å². The van der Waals surface area contributed by atoms with Crippen LogP contribution in [0, 0.1) is 0 Å². The molecule has 1 N–H and O–H groups in total. The molecule has 1 unspecified atom stereocenters. The molecule has 1 atom stereocenters. The average molecular weight is 420 g/mol. The Labute approximate surface area is 169 Å². The molecule has 1 aliphatic rings. The van der Waals surface area contributed by atoms with Crippen molar-refractivity contribution < 1.29 is 27.4 Å². The van der Waals surface area contributed by atoms with Crippen molar-refractivity contribution in [2.45, 2.75) is 25.1 Å². The molecule has 3 aromatic rings. The van der Waals surface area contributed by atoms with Crippen LogP contribution in [0.1, 0.15) is 29.0 Å². The highest BCUT2D eigenvalue weighted by Gasteiger charge is 2.35. The maximum Gasteiger partial charge on any atom is 0.433 e. The lowest BCUT2D eigenvalue weighted by Crippen LogP contribution is -2.32. The zero-order valence-corrected chi connectivity index (χ0v) is 16.1. The Balaban J connectivity index is 1.69. The zero-order chi connectivity index (χ0) is 21.3. The quantitative estimate of drug-likeness (QED) is 0.685. The number of carbonyl (C=O) groups excluding carboxylic acids is 1. The molecule has 1 saturated heterocycles. The van der Waals surface area contributed by atoms with E-state index < -0.39 is 17.8 Å². The minimum atomic E-state index is -4.68. The number of rotatable bonds is 5. The van der Waals surface area contributed by atoms with E-state index in [2.05, 4.69) is 15.4 Å². The highest BCUT2D eigenvalue weighted by Crippen LogP contribution is 2.32. The molecular formula is C20H19F3N4O3. The maximum absolute atomic E-state index is 13.7. The number of aromatic nitrogens is 3. The van der Waals surface area contributed by atoms with Crippen molar-refractivity contribution in [3.05, 3.63) is 47.8 Å². The molecule has 7 nitrogen and oxygen atoms in total. The van der Waals surface area contributed by atoms with Gasteiger partial charge in [0.15, 0.2) is 17.0 Å². The van der Waals surface area contributed by atoms with E-state index in [1.54, 1.807) is 24.3 Å². The first-order valence-electron chi connectivity index (χ1n) is 9.37. The molecule has 30 heavy (non-hydrogen) atoms. The summed E-state index contributed by atoms with van der Waals surface area (Å²) >= 11 is 0. The van der Waals surface area contributed by atoms with Crippen molar-refractivity contribution in [1.82, 2.24) is 19.9 Å². The number of halogens is 3. The third-order valence-corrected chi connectivity index (χ3v) is 4.85. The first-order valence-corrected chi connectivity index (χ1v) is 9.37. The molecule has 0 bridgehead atoms. The Morgan fingerprint density at radius 1 is 1.30 bits per heavy atom. The fourth-order valence-corrected chi connectivity index (χ4v) is 3.30. The number of nitrogens with zero attached hydrogens (tertiary/aromatic N) is 3. The Morgan fingerprint density at radius 2 is 2.07 bits per heavy atom. The SMILES string of the molecule is COc1ccc(-c2cc(C(F)(F)F)n3nc(C(=O)NCC4CCCO4)cc3n2)cc1. The number of ether oxygens (including phenoxy) is 2. The number of alkyl halides is 3. The van der Waals surface area contributed by atoms with E-state index >= 15 is 0 Å². The molecular weight excluding hydrogens is 401 g/mol. The Kier molecular flexibility index (Phi) is 5.33. The van der Waals surface area contributed by atoms with Gasteiger partial charge in [0.05, 0.1) is 18.9 Å². The lowest BCUT2D eigenvalue weighted by Gasteiger charge is -2.11. The summed E-state index contributed by atoms with van der Waals surface area (Å²) < 4.78 is 52.2. The van der Waals surface area contributed by atoms with E-state index in [4.69, 9.17) is 9.47 Å². The van der Waals surface area contributed by atoms with Gasteiger partial charge in [-0.2, -0.15) is 18.3 Å². The van der Waals surface area contributed by atoms with Crippen LogP contribution >= 0.6 is 0 Å². The highest BCUT2D eigenvalue weighted by molar-refractivity contribution is 5.93. The van der Waals surface area contributed by atoms with Crippen molar-refractivity contribution in [3.8, 4) is 17.0 Å². The van der Waals surface area contributed by atoms with Crippen LogP contribution in [0.15, 0.2) is 36.4 Å². The van der Waals surface area contributed by atoms with Gasteiger partial charge in [0.2, 0.25) is 0 Å². The summed E-state index contributed by atoms with van der Waals surface area (Å²) in [6, 6.07) is 8.65. The van der Waals surface area contributed by atoms with Crippen LogP contribution in [0.5, 0.6) is 5.75 Å². The van der Waals surface area contributed by atoms with Gasteiger partial charge < -0.3 is 14.8 Å². The summed E-state index contributed by atoms with van der Waals surface area (Å²) in [5.41, 5.74) is -0.634. The van der Waals surface area contributed by atoms with E-state index in [9.17, 15) is 18.0 Å². The predicted molar refractivity (Wildman–Crippen MR) is 101 cm³/mol. The molecule has 4 rings (SSSR count). The molecule has 1 aliphatic heterocycles. The lowest BCUT2D eigenvalue weighted by molar-refractivity contribution is -0.142. The number of benzene rings is 1. The first-order chi connectivity index (χ1) is 14.3. The second-order valence-corrected chi connectivity index (χ2v) is 6.90. The topological polar surface area (TPSA) is 77.8 Å². The second kappa shape index (κ2) is 7.94. The molecule has 10 heteroatoms. The molecule has 1 aromatic carbocycles. The standard InChI is InChI=1S/C20H19F3N4O3/c1-29-13-6-4-12(5-7-13)15-9-17(20(21,22)23)27-18(25-15)10-16(26-27)19(28)24-11-14-3-2-8-30-14/h4-7,9-10,14H,2-3,8,11H2,1H3,(H,24,28). The number of fused-ring (bicyclic) bond motifs is 1. The number of methoxy groups -OCH3 is 1. The van der Waals surface area contributed by atoms with Crippen molar-refractivity contribution in [3.63, 3.8) is 0 Å². The maximum atomic E-state index is 13.7. The van der Waals surface area contributed by atoms with Gasteiger partial charge in [-0.05, 0) is 43.2 Å². The lowest BCUT2D eigenvalue weighted by atomic mass is 10.1. The van der Waals surface area contributed by atoms with E-state index in [-0.39, 0.29) is 29.7 Å². The van der Waals surface area contributed by atoms with Gasteiger partial charge in [0.25, 0.3) is 5.91 Å². The third-order valence-electron chi connectivity index (χ3n) is 4.85. The highest BCUT2D eigenvalue weighted by atomic mass is 19.4. The molecule has 1 fully saturated rings. The summed E-state index contributed by atoms with van der Waals surface area (Å²) in [6.45, 7) is 0.922. The summed E-state index contributed by atoms with van der Waals surface area (Å²) in [7, 11) is 1.50. The smallest absolute Gasteiger partial charge is 0.433 e. The van der Waals surface area contributed by atoms with Gasteiger partial charge >= 0.3 is 6.18 Å². The Morgan fingerprint density at radius 3 is 2.70 bits per heavy atom. The average Bonchev–Trinajstić information content (AvgIpc) is 3.40. The molecule has 0 spiro atoms. The van der Waals surface area contributed by atoms with Crippen LogP contribution in [0.2, 0.25) is 0 Å². The van der Waals surface area contributed by atoms with E-state index in [0.717, 1.165) is 18.9 Å². The molecule has 0 aliphatic carbocycles. The predicted octanol–water partition coefficient (Wildman–Crippen LogP) is 3.33. The largest absolute Gasteiger partial charge is 0.497 e. The summed E-state index contributed by atoms with van der Waals surface area (Å²) in [6.07, 6.45) is -3.02. The minimum Gasteiger partial charge on any atom is -0.497 e. The Hall–Kier alpha value is -3.14. The van der Waals surface area contributed by atoms with Gasteiger partial charge in [-0.25, -0.2) is 9.50 Å². The van der Waals surface area contributed by atoms with Crippen molar-refractivity contribution in [1.29, 1.82) is 0 Å². The zero-order valence-electron chi connectivity index (χ0n) is 16.1. The molecule has 0 radical (unpaired) electrons. The molecule has 3 heterocycles. The minimum absolute atomic E-state index is 0.0714. The fraction of sp³-hybridized carbons (Fsp3) is 0.350. The second-order valence-electron chi connectivity index (χ2n) is 6.90. The van der Waals surface area contributed by atoms with E-state index in [1.165, 1.54) is 13.2 Å². The molecule has 1 amide bonds. The first kappa shape index (κ1) is 20.1. The number of hydrogen-bond donors (Lipinski definition) is 1. The van der Waals surface area contributed by atoms with Crippen molar-refractivity contribution in [2.75, 3.05) is 20.3 Å². The summed E-state index contributed by atoms with van der Waals surface area (Å²) in [5.74, 6) is 0.000507. The third kappa shape index (κ3) is 4.09. The van der Waals surface area contributed by atoms with Crippen LogP contribution < -0.4 is 10.1 Å². The number of nitrogens with one attached hydrogen (secondary N) is 1.